The van der Waals surface area contributed by atoms with E-state index in [0.717, 1.165) is 32.1 Å². The second-order valence-electron chi connectivity index (χ2n) is 9.71. The molecule has 0 atom stereocenters. The minimum absolute atomic E-state index is 0.0935. The summed E-state index contributed by atoms with van der Waals surface area (Å²) < 4.78 is 7.45. The maximum atomic E-state index is 13.5. The molecule has 0 N–H and O–H groups in total. The fraction of sp³-hybridized carbons (Fsp3) is 0.607. The topological polar surface area (TPSA) is 95.6 Å². The minimum Gasteiger partial charge on any atom is -0.466 e. The van der Waals surface area contributed by atoms with Gasteiger partial charge in [0.25, 0.3) is 11.5 Å². The molecule has 2 aliphatic rings. The predicted molar refractivity (Wildman–Crippen MR) is 156 cm³/mol. The molecular formula is C28H38N4O4S2. The second-order valence-corrected chi connectivity index (χ2v) is 11.4. The van der Waals surface area contributed by atoms with Crippen LogP contribution in [0.5, 0.6) is 0 Å². The van der Waals surface area contributed by atoms with E-state index in [4.69, 9.17) is 17.0 Å². The maximum Gasteiger partial charge on any atom is 0.309 e. The molecule has 38 heavy (non-hydrogen) atoms. The van der Waals surface area contributed by atoms with E-state index in [9.17, 15) is 19.6 Å². The number of thioether (sulfide) groups is 1. The number of nitriles is 1. The molecule has 1 aromatic rings. The van der Waals surface area contributed by atoms with Crippen LogP contribution in [0.3, 0.4) is 0 Å². The van der Waals surface area contributed by atoms with Gasteiger partial charge in [0, 0.05) is 31.7 Å². The number of rotatable bonds is 11. The molecule has 8 nitrogen and oxygen atoms in total. The van der Waals surface area contributed by atoms with Gasteiger partial charge in [-0.1, -0.05) is 57.1 Å². The monoisotopic (exact) mass is 558 g/mol. The van der Waals surface area contributed by atoms with Crippen LogP contribution in [0.25, 0.3) is 6.08 Å². The number of carbonyl (C=O) groups is 2. The van der Waals surface area contributed by atoms with Crippen molar-refractivity contribution in [3.05, 3.63) is 31.9 Å². The maximum absolute atomic E-state index is 13.5. The Labute approximate surface area is 235 Å². The van der Waals surface area contributed by atoms with E-state index >= 15 is 0 Å². The molecule has 0 spiro atoms. The summed E-state index contributed by atoms with van der Waals surface area (Å²) in [6.45, 7) is 10.3. The predicted octanol–water partition coefficient (Wildman–Crippen LogP) is 5.00. The fourth-order valence-corrected chi connectivity index (χ4v) is 6.23. The number of hydrogen-bond donors (Lipinski definition) is 0. The zero-order valence-electron chi connectivity index (χ0n) is 22.9. The third kappa shape index (κ3) is 6.49. The summed E-state index contributed by atoms with van der Waals surface area (Å²) in [6.07, 6.45) is 7.65. The Morgan fingerprint density at radius 3 is 2.42 bits per heavy atom. The number of esters is 1. The number of amides is 1. The quantitative estimate of drug-likeness (QED) is 0.162. The number of unbranched alkanes of at least 4 members (excludes halogenated alkanes) is 3. The lowest BCUT2D eigenvalue weighted by Crippen LogP contribution is -2.41. The van der Waals surface area contributed by atoms with Crippen molar-refractivity contribution in [2.45, 2.75) is 79.2 Å². The lowest BCUT2D eigenvalue weighted by Gasteiger charge is -2.35. The van der Waals surface area contributed by atoms with Crippen molar-refractivity contribution >= 4 is 52.1 Å². The first-order chi connectivity index (χ1) is 18.3. The number of piperidine rings is 1. The van der Waals surface area contributed by atoms with Gasteiger partial charge >= 0.3 is 5.97 Å². The van der Waals surface area contributed by atoms with Crippen molar-refractivity contribution in [3.63, 3.8) is 0 Å². The third-order valence-corrected chi connectivity index (χ3v) is 8.51. The normalized spacial score (nSPS) is 17.4. The lowest BCUT2D eigenvalue weighted by atomic mass is 9.95. The molecule has 2 aliphatic heterocycles. The number of anilines is 1. The van der Waals surface area contributed by atoms with Crippen LogP contribution in [0.4, 0.5) is 5.82 Å². The molecule has 0 bridgehead atoms. The summed E-state index contributed by atoms with van der Waals surface area (Å²) in [7, 11) is 0. The van der Waals surface area contributed by atoms with Crippen LogP contribution in [0.2, 0.25) is 0 Å². The zero-order chi connectivity index (χ0) is 27.8. The molecule has 0 radical (unpaired) electrons. The van der Waals surface area contributed by atoms with Gasteiger partial charge < -0.3 is 9.64 Å². The number of ether oxygens (including phenoxy) is 1. The van der Waals surface area contributed by atoms with Crippen LogP contribution < -0.4 is 10.5 Å². The molecule has 10 heteroatoms. The van der Waals surface area contributed by atoms with Crippen LogP contribution in [0.15, 0.2) is 9.70 Å². The van der Waals surface area contributed by atoms with Crippen LogP contribution in [0.1, 0.15) is 82.4 Å². The summed E-state index contributed by atoms with van der Waals surface area (Å²) >= 11 is 6.80. The first kappa shape index (κ1) is 29.9. The minimum atomic E-state index is -0.315. The number of thiocarbonyl (C=S) groups is 1. The summed E-state index contributed by atoms with van der Waals surface area (Å²) in [4.78, 5) is 43.4. The summed E-state index contributed by atoms with van der Waals surface area (Å²) in [5, 5.41) is 9.89. The summed E-state index contributed by atoms with van der Waals surface area (Å²) in [5.41, 5.74) is 1.03. The Balaban J connectivity index is 2.08. The largest absolute Gasteiger partial charge is 0.466 e. The van der Waals surface area contributed by atoms with Gasteiger partial charge in [-0.25, -0.2) is 0 Å². The SMILES string of the molecule is CCCCCN1C(=O)/C(=C\c2c(C)c(C#N)c(=O)n(CCCC)c2N2CCC(C(=O)OCC)CC2)SC1=S. The summed E-state index contributed by atoms with van der Waals surface area (Å²) in [6, 6.07) is 2.10. The molecule has 206 valence electrons. The van der Waals surface area contributed by atoms with Crippen molar-refractivity contribution in [3.8, 4) is 6.07 Å². The molecular weight excluding hydrogens is 520 g/mol. The molecule has 0 aliphatic carbocycles. The smallest absolute Gasteiger partial charge is 0.309 e. The van der Waals surface area contributed by atoms with Gasteiger partial charge in [0.2, 0.25) is 0 Å². The van der Waals surface area contributed by atoms with Crippen LogP contribution in [0, 0.1) is 24.2 Å². The number of pyridine rings is 1. The highest BCUT2D eigenvalue weighted by atomic mass is 32.2. The molecule has 3 rings (SSSR count). The Morgan fingerprint density at radius 1 is 1.13 bits per heavy atom. The Kier molecular flexibility index (Phi) is 11.0. The first-order valence-corrected chi connectivity index (χ1v) is 14.9. The van der Waals surface area contributed by atoms with E-state index in [-0.39, 0.29) is 28.9 Å². The molecule has 3 heterocycles. The molecule has 0 aromatic carbocycles. The molecule has 1 amide bonds. The van der Waals surface area contributed by atoms with E-state index in [0.29, 0.717) is 71.8 Å². The van der Waals surface area contributed by atoms with Crippen molar-refractivity contribution in [1.82, 2.24) is 9.47 Å². The van der Waals surface area contributed by atoms with Crippen molar-refractivity contribution in [1.29, 1.82) is 5.26 Å². The highest BCUT2D eigenvalue weighted by molar-refractivity contribution is 8.26. The van der Waals surface area contributed by atoms with Gasteiger partial charge in [0.15, 0.2) is 0 Å². The highest BCUT2D eigenvalue weighted by Gasteiger charge is 2.34. The molecule has 0 unspecified atom stereocenters. The number of carbonyl (C=O) groups excluding carboxylic acids is 2. The third-order valence-electron chi connectivity index (χ3n) is 7.13. The number of nitrogens with zero attached hydrogens (tertiary/aromatic N) is 4. The number of aromatic nitrogens is 1. The molecule has 2 saturated heterocycles. The van der Waals surface area contributed by atoms with E-state index in [1.807, 2.05) is 6.08 Å². The van der Waals surface area contributed by atoms with Gasteiger partial charge in [-0.05, 0) is 51.2 Å². The van der Waals surface area contributed by atoms with E-state index in [1.54, 1.807) is 23.3 Å². The van der Waals surface area contributed by atoms with Crippen LogP contribution in [-0.4, -0.2) is 51.9 Å². The molecule has 0 saturated carbocycles. The second kappa shape index (κ2) is 13.9. The Hall–Kier alpha value is -2.64. The van der Waals surface area contributed by atoms with E-state index in [2.05, 4.69) is 24.8 Å². The average Bonchev–Trinajstić information content (AvgIpc) is 3.17. The highest BCUT2D eigenvalue weighted by Crippen LogP contribution is 2.37. The average molecular weight is 559 g/mol. The molecule has 2 fully saturated rings. The fourth-order valence-electron chi connectivity index (χ4n) is 4.94. The zero-order valence-corrected chi connectivity index (χ0v) is 24.5. The van der Waals surface area contributed by atoms with Crippen molar-refractivity contribution in [2.75, 3.05) is 31.1 Å². The van der Waals surface area contributed by atoms with Gasteiger partial charge in [-0.3, -0.25) is 23.9 Å². The Morgan fingerprint density at radius 2 is 1.82 bits per heavy atom. The van der Waals surface area contributed by atoms with Gasteiger partial charge in [-0.2, -0.15) is 5.26 Å². The standard InChI is InChI=1S/C28H38N4O4S2/c1-5-8-10-14-32-26(34)23(38-28(32)37)17-21-19(4)22(18-29)25(33)31(13-9-6-2)24(21)30-15-11-20(12-16-30)27(35)36-7-3/h17,20H,5-16H2,1-4H3/b23-17+. The van der Waals surface area contributed by atoms with E-state index < -0.39 is 0 Å². The van der Waals surface area contributed by atoms with Gasteiger partial charge in [0.05, 0.1) is 17.4 Å². The van der Waals surface area contributed by atoms with Gasteiger partial charge in [-0.15, -0.1) is 0 Å². The summed E-state index contributed by atoms with van der Waals surface area (Å²) in [5.74, 6) is 0.216. The van der Waals surface area contributed by atoms with Gasteiger partial charge in [0.1, 0.15) is 21.8 Å². The van der Waals surface area contributed by atoms with Crippen LogP contribution in [-0.2, 0) is 20.9 Å². The first-order valence-electron chi connectivity index (χ1n) is 13.6. The Bertz CT molecular complexity index is 1190. The van der Waals surface area contributed by atoms with Crippen LogP contribution >= 0.6 is 24.0 Å². The number of hydrogen-bond acceptors (Lipinski definition) is 8. The van der Waals surface area contributed by atoms with Crippen molar-refractivity contribution in [2.24, 2.45) is 5.92 Å². The van der Waals surface area contributed by atoms with E-state index in [1.165, 1.54) is 11.8 Å². The molecule has 1 aromatic heterocycles. The lowest BCUT2D eigenvalue weighted by molar-refractivity contribution is -0.148. The van der Waals surface area contributed by atoms with Crippen molar-refractivity contribution < 1.29 is 14.3 Å².